The highest BCUT2D eigenvalue weighted by atomic mass is 32.2. The molecule has 0 saturated carbocycles. The van der Waals surface area contributed by atoms with E-state index in [-0.39, 0.29) is 17.2 Å². The summed E-state index contributed by atoms with van der Waals surface area (Å²) in [5.41, 5.74) is 1.88. The van der Waals surface area contributed by atoms with Crippen molar-refractivity contribution in [2.45, 2.75) is 11.7 Å². The number of aromatic nitrogens is 4. The Labute approximate surface area is 169 Å². The number of rotatable bonds is 6. The summed E-state index contributed by atoms with van der Waals surface area (Å²) >= 11 is 2.80. The van der Waals surface area contributed by atoms with Gasteiger partial charge >= 0.3 is 0 Å². The molecule has 1 aromatic carbocycles. The number of carbonyl (C=O) groups excluding carboxylic acids is 1. The molecule has 0 unspecified atom stereocenters. The number of carbonyl (C=O) groups is 1. The molecule has 4 aromatic rings. The van der Waals surface area contributed by atoms with Gasteiger partial charge in [0.25, 0.3) is 5.56 Å². The highest BCUT2D eigenvalue weighted by molar-refractivity contribution is 7.99. The van der Waals surface area contributed by atoms with Crippen molar-refractivity contribution in [1.29, 1.82) is 0 Å². The highest BCUT2D eigenvalue weighted by Gasteiger charge is 2.15. The minimum Gasteiger partial charge on any atom is -0.341 e. The topological polar surface area (TPSA) is 83.4 Å². The van der Waals surface area contributed by atoms with Gasteiger partial charge in [-0.2, -0.15) is 5.10 Å². The van der Waals surface area contributed by atoms with E-state index in [9.17, 15) is 9.59 Å². The first kappa shape index (κ1) is 18.5. The van der Waals surface area contributed by atoms with Crippen LogP contribution in [0.25, 0.3) is 16.1 Å². The van der Waals surface area contributed by atoms with Gasteiger partial charge in [-0.1, -0.05) is 48.2 Å². The third-order valence-corrected chi connectivity index (χ3v) is 5.97. The Morgan fingerprint density at radius 1 is 1.25 bits per heavy atom. The number of hydrogen-bond acceptors (Lipinski definition) is 6. The molecule has 0 aliphatic carbocycles. The molecule has 4 rings (SSSR count). The van der Waals surface area contributed by atoms with Crippen LogP contribution in [-0.2, 0) is 11.3 Å². The van der Waals surface area contributed by atoms with Crippen LogP contribution in [0, 0.1) is 0 Å². The highest BCUT2D eigenvalue weighted by Crippen LogP contribution is 2.25. The van der Waals surface area contributed by atoms with E-state index in [2.05, 4.69) is 15.3 Å². The van der Waals surface area contributed by atoms with Gasteiger partial charge in [-0.25, -0.2) is 9.61 Å². The predicted molar refractivity (Wildman–Crippen MR) is 111 cm³/mol. The lowest BCUT2D eigenvalue weighted by molar-refractivity contribution is -0.127. The Morgan fingerprint density at radius 3 is 2.82 bits per heavy atom. The Kier molecular flexibility index (Phi) is 5.27. The molecule has 0 spiro atoms. The molecule has 3 aromatic heterocycles. The summed E-state index contributed by atoms with van der Waals surface area (Å²) in [6.07, 6.45) is 0. The van der Waals surface area contributed by atoms with Gasteiger partial charge in [-0.15, -0.1) is 16.4 Å². The van der Waals surface area contributed by atoms with Gasteiger partial charge in [-0.3, -0.25) is 9.59 Å². The van der Waals surface area contributed by atoms with Crippen molar-refractivity contribution in [2.75, 3.05) is 12.8 Å². The van der Waals surface area contributed by atoms with Crippen LogP contribution in [0.2, 0.25) is 0 Å². The standard InChI is InChI=1S/C19H17N5O2S2/c1-23(11-13-6-3-2-4-7-13)17(25)12-28-19-21-20-18(26)15-10-14(22-24(15)19)16-8-5-9-27-16/h2-10H,11-12H2,1H3,(H,20,26). The maximum Gasteiger partial charge on any atom is 0.290 e. The fourth-order valence-corrected chi connectivity index (χ4v) is 4.24. The van der Waals surface area contributed by atoms with Crippen molar-refractivity contribution in [3.8, 4) is 10.6 Å². The van der Waals surface area contributed by atoms with Crippen LogP contribution in [0.1, 0.15) is 5.56 Å². The number of aromatic amines is 1. The molecule has 0 radical (unpaired) electrons. The average molecular weight is 412 g/mol. The first-order valence-corrected chi connectivity index (χ1v) is 10.4. The largest absolute Gasteiger partial charge is 0.341 e. The van der Waals surface area contributed by atoms with Crippen molar-refractivity contribution in [3.05, 3.63) is 69.8 Å². The van der Waals surface area contributed by atoms with Crippen LogP contribution in [0.15, 0.2) is 63.9 Å². The molecule has 9 heteroatoms. The van der Waals surface area contributed by atoms with E-state index in [1.807, 2.05) is 47.8 Å². The summed E-state index contributed by atoms with van der Waals surface area (Å²) in [4.78, 5) is 27.2. The number of thiophene rings is 1. The summed E-state index contributed by atoms with van der Waals surface area (Å²) in [7, 11) is 1.77. The second kappa shape index (κ2) is 7.99. The van der Waals surface area contributed by atoms with E-state index in [4.69, 9.17) is 0 Å². The van der Waals surface area contributed by atoms with Crippen molar-refractivity contribution < 1.29 is 4.79 Å². The zero-order valence-corrected chi connectivity index (χ0v) is 16.7. The minimum atomic E-state index is -0.313. The Balaban J connectivity index is 1.51. The zero-order valence-electron chi connectivity index (χ0n) is 15.0. The van der Waals surface area contributed by atoms with Gasteiger partial charge in [0, 0.05) is 13.6 Å². The second-order valence-corrected chi connectivity index (χ2v) is 8.05. The lowest BCUT2D eigenvalue weighted by atomic mass is 10.2. The van der Waals surface area contributed by atoms with E-state index in [1.54, 1.807) is 29.4 Å². The molecule has 0 aliphatic heterocycles. The van der Waals surface area contributed by atoms with Gasteiger partial charge in [0.2, 0.25) is 11.1 Å². The zero-order chi connectivity index (χ0) is 19.5. The molecule has 142 valence electrons. The molecule has 3 heterocycles. The van der Waals surface area contributed by atoms with Gasteiger partial charge in [0.05, 0.1) is 10.6 Å². The van der Waals surface area contributed by atoms with Crippen molar-refractivity contribution in [1.82, 2.24) is 24.7 Å². The summed E-state index contributed by atoms with van der Waals surface area (Å²) in [6.45, 7) is 0.541. The lowest BCUT2D eigenvalue weighted by Gasteiger charge is -2.16. The van der Waals surface area contributed by atoms with E-state index in [1.165, 1.54) is 16.3 Å². The third-order valence-electron chi connectivity index (χ3n) is 4.16. The molecule has 7 nitrogen and oxygen atoms in total. The van der Waals surface area contributed by atoms with Crippen LogP contribution in [0.4, 0.5) is 0 Å². The molecular formula is C19H17N5O2S2. The average Bonchev–Trinajstić information content (AvgIpc) is 3.38. The minimum absolute atomic E-state index is 0.0272. The molecule has 0 fully saturated rings. The Bertz CT molecular complexity index is 1150. The van der Waals surface area contributed by atoms with Crippen molar-refractivity contribution in [3.63, 3.8) is 0 Å². The summed E-state index contributed by atoms with van der Waals surface area (Å²) in [6, 6.07) is 15.4. The van der Waals surface area contributed by atoms with Crippen LogP contribution >= 0.6 is 23.1 Å². The van der Waals surface area contributed by atoms with Crippen molar-refractivity contribution in [2.24, 2.45) is 0 Å². The molecule has 0 atom stereocenters. The molecule has 0 bridgehead atoms. The number of benzene rings is 1. The van der Waals surface area contributed by atoms with Crippen LogP contribution in [0.5, 0.6) is 0 Å². The molecule has 1 N–H and O–H groups in total. The first-order valence-electron chi connectivity index (χ1n) is 8.55. The number of H-pyrrole nitrogens is 1. The normalized spacial score (nSPS) is 11.0. The number of amides is 1. The van der Waals surface area contributed by atoms with Crippen LogP contribution in [-0.4, -0.2) is 43.4 Å². The quantitative estimate of drug-likeness (QED) is 0.493. The van der Waals surface area contributed by atoms with Crippen LogP contribution < -0.4 is 5.56 Å². The Hall–Kier alpha value is -2.91. The van der Waals surface area contributed by atoms with E-state index >= 15 is 0 Å². The van der Waals surface area contributed by atoms with E-state index in [0.29, 0.717) is 22.9 Å². The number of nitrogens with zero attached hydrogens (tertiary/aromatic N) is 4. The number of nitrogens with one attached hydrogen (secondary N) is 1. The van der Waals surface area contributed by atoms with Gasteiger partial charge < -0.3 is 4.90 Å². The number of hydrogen-bond donors (Lipinski definition) is 1. The SMILES string of the molecule is CN(Cc1ccccc1)C(=O)CSc1n[nH]c(=O)c2cc(-c3cccs3)nn12. The van der Waals surface area contributed by atoms with Gasteiger partial charge in [-0.05, 0) is 23.1 Å². The van der Waals surface area contributed by atoms with E-state index < -0.39 is 0 Å². The third kappa shape index (κ3) is 3.85. The summed E-state index contributed by atoms with van der Waals surface area (Å²) in [5.74, 6) is 0.173. The van der Waals surface area contributed by atoms with Crippen LogP contribution in [0.3, 0.4) is 0 Å². The molecular weight excluding hydrogens is 394 g/mol. The first-order chi connectivity index (χ1) is 13.6. The van der Waals surface area contributed by atoms with Gasteiger partial charge in [0.15, 0.2) is 0 Å². The number of fused-ring (bicyclic) bond motifs is 1. The summed E-state index contributed by atoms with van der Waals surface area (Å²) in [5, 5.41) is 13.5. The van der Waals surface area contributed by atoms with Crippen molar-refractivity contribution >= 4 is 34.5 Å². The maximum atomic E-state index is 12.5. The maximum absolute atomic E-state index is 12.5. The lowest BCUT2D eigenvalue weighted by Crippen LogP contribution is -2.28. The van der Waals surface area contributed by atoms with E-state index in [0.717, 1.165) is 10.4 Å². The molecule has 1 amide bonds. The Morgan fingerprint density at radius 2 is 2.07 bits per heavy atom. The monoisotopic (exact) mass is 411 g/mol. The predicted octanol–water partition coefficient (Wildman–Crippen LogP) is 2.90. The molecule has 28 heavy (non-hydrogen) atoms. The summed E-state index contributed by atoms with van der Waals surface area (Å²) < 4.78 is 1.50. The fourth-order valence-electron chi connectivity index (χ4n) is 2.71. The van der Waals surface area contributed by atoms with Gasteiger partial charge in [0.1, 0.15) is 11.2 Å². The second-order valence-electron chi connectivity index (χ2n) is 6.16. The molecule has 0 saturated heterocycles. The molecule has 0 aliphatic rings. The number of thioether (sulfide) groups is 1. The fraction of sp³-hybridized carbons (Fsp3) is 0.158. The smallest absolute Gasteiger partial charge is 0.290 e.